The van der Waals surface area contributed by atoms with Crippen molar-refractivity contribution >= 4 is 5.91 Å². The van der Waals surface area contributed by atoms with Gasteiger partial charge in [0, 0.05) is 18.5 Å². The van der Waals surface area contributed by atoms with Gasteiger partial charge in [-0.15, -0.1) is 0 Å². The Morgan fingerprint density at radius 2 is 2.10 bits per heavy atom. The van der Waals surface area contributed by atoms with E-state index in [1.807, 2.05) is 0 Å². The molecule has 20 heavy (non-hydrogen) atoms. The molecule has 0 aromatic rings. The van der Waals surface area contributed by atoms with Gasteiger partial charge in [-0.2, -0.15) is 0 Å². The molecular weight excluding hydrogens is 252 g/mol. The summed E-state index contributed by atoms with van der Waals surface area (Å²) in [6.45, 7) is 4.45. The van der Waals surface area contributed by atoms with Crippen LogP contribution < -0.4 is 5.32 Å². The average Bonchev–Trinajstić information content (AvgIpc) is 2.86. The fraction of sp³-hybridized carbons (Fsp3) is 0.938. The van der Waals surface area contributed by atoms with Gasteiger partial charge >= 0.3 is 0 Å². The van der Waals surface area contributed by atoms with Crippen molar-refractivity contribution in [3.63, 3.8) is 0 Å². The van der Waals surface area contributed by atoms with Crippen molar-refractivity contribution in [2.24, 2.45) is 5.92 Å². The van der Waals surface area contributed by atoms with Gasteiger partial charge in [-0.05, 0) is 38.6 Å². The number of carbonyl (C=O) groups is 1. The van der Waals surface area contributed by atoms with Crippen LogP contribution in [0.2, 0.25) is 0 Å². The summed E-state index contributed by atoms with van der Waals surface area (Å²) in [6.07, 6.45) is 8.78. The van der Waals surface area contributed by atoms with E-state index in [1.54, 1.807) is 0 Å². The van der Waals surface area contributed by atoms with Gasteiger partial charge in [0.05, 0.1) is 12.6 Å². The number of amides is 1. The summed E-state index contributed by atoms with van der Waals surface area (Å²) in [5, 5.41) is 13.1. The van der Waals surface area contributed by atoms with Crippen LogP contribution in [-0.4, -0.2) is 47.7 Å². The van der Waals surface area contributed by atoms with Gasteiger partial charge in [0.25, 0.3) is 0 Å². The molecule has 0 aromatic carbocycles. The van der Waals surface area contributed by atoms with Crippen molar-refractivity contribution in [1.82, 2.24) is 10.2 Å². The van der Waals surface area contributed by atoms with Gasteiger partial charge in [-0.1, -0.05) is 26.2 Å². The summed E-state index contributed by atoms with van der Waals surface area (Å²) in [4.78, 5) is 14.3. The zero-order valence-electron chi connectivity index (χ0n) is 12.8. The van der Waals surface area contributed by atoms with Crippen LogP contribution in [0.3, 0.4) is 0 Å². The molecule has 0 spiro atoms. The second kappa shape index (κ2) is 7.99. The summed E-state index contributed by atoms with van der Waals surface area (Å²) < 4.78 is 0. The van der Waals surface area contributed by atoms with Crippen LogP contribution in [0.15, 0.2) is 0 Å². The van der Waals surface area contributed by atoms with Crippen LogP contribution in [0.1, 0.15) is 58.3 Å². The lowest BCUT2D eigenvalue weighted by Gasteiger charge is -2.40. The second-order valence-electron chi connectivity index (χ2n) is 6.40. The molecule has 2 N–H and O–H groups in total. The number of aliphatic hydroxyl groups excluding tert-OH is 1. The van der Waals surface area contributed by atoms with Crippen LogP contribution in [0.4, 0.5) is 0 Å². The maximum atomic E-state index is 12.0. The van der Waals surface area contributed by atoms with Crippen molar-refractivity contribution < 1.29 is 9.90 Å². The SMILES string of the molecule is CCCCNC(=O)CN1CCCCC1C1CCCC1O. The Morgan fingerprint density at radius 1 is 1.25 bits per heavy atom. The van der Waals surface area contributed by atoms with E-state index in [-0.39, 0.29) is 12.0 Å². The Balaban J connectivity index is 1.85. The molecular formula is C16H30N2O2. The summed E-state index contributed by atoms with van der Waals surface area (Å²) in [5.41, 5.74) is 0. The molecule has 0 bridgehead atoms. The minimum Gasteiger partial charge on any atom is -0.393 e. The number of hydrogen-bond acceptors (Lipinski definition) is 3. The molecule has 2 aliphatic rings. The molecule has 4 nitrogen and oxygen atoms in total. The quantitative estimate of drug-likeness (QED) is 0.732. The van der Waals surface area contributed by atoms with Gasteiger partial charge in [0.15, 0.2) is 0 Å². The van der Waals surface area contributed by atoms with Gasteiger partial charge in [0.1, 0.15) is 0 Å². The smallest absolute Gasteiger partial charge is 0.234 e. The second-order valence-corrected chi connectivity index (χ2v) is 6.40. The maximum Gasteiger partial charge on any atom is 0.234 e. The summed E-state index contributed by atoms with van der Waals surface area (Å²) in [7, 11) is 0. The summed E-state index contributed by atoms with van der Waals surface area (Å²) in [5.74, 6) is 0.538. The third-order valence-corrected chi connectivity index (χ3v) is 4.89. The first kappa shape index (κ1) is 15.8. The van der Waals surface area contributed by atoms with E-state index >= 15 is 0 Å². The predicted molar refractivity (Wildman–Crippen MR) is 80.5 cm³/mol. The van der Waals surface area contributed by atoms with Crippen LogP contribution in [-0.2, 0) is 4.79 Å². The van der Waals surface area contributed by atoms with E-state index in [2.05, 4.69) is 17.1 Å². The van der Waals surface area contributed by atoms with E-state index in [0.29, 0.717) is 18.5 Å². The molecule has 1 aliphatic heterocycles. The number of nitrogens with one attached hydrogen (secondary N) is 1. The van der Waals surface area contributed by atoms with Crippen LogP contribution in [0, 0.1) is 5.92 Å². The first-order chi connectivity index (χ1) is 9.72. The number of rotatable bonds is 6. The fourth-order valence-corrected chi connectivity index (χ4v) is 3.76. The Bertz CT molecular complexity index is 309. The number of aliphatic hydroxyl groups is 1. The predicted octanol–water partition coefficient (Wildman–Crippen LogP) is 1.92. The van der Waals surface area contributed by atoms with Crippen molar-refractivity contribution in [2.45, 2.75) is 70.4 Å². The van der Waals surface area contributed by atoms with Gasteiger partial charge in [0.2, 0.25) is 5.91 Å². The van der Waals surface area contributed by atoms with Crippen molar-refractivity contribution in [3.05, 3.63) is 0 Å². The molecule has 1 amide bonds. The summed E-state index contributed by atoms with van der Waals surface area (Å²) in [6, 6.07) is 0.415. The topological polar surface area (TPSA) is 52.6 Å². The maximum absolute atomic E-state index is 12.0. The molecule has 2 rings (SSSR count). The monoisotopic (exact) mass is 282 g/mol. The molecule has 3 atom stereocenters. The zero-order valence-corrected chi connectivity index (χ0v) is 12.8. The Kier molecular flexibility index (Phi) is 6.30. The van der Waals surface area contributed by atoms with Crippen LogP contribution in [0.25, 0.3) is 0 Å². The van der Waals surface area contributed by atoms with E-state index in [1.165, 1.54) is 12.8 Å². The highest BCUT2D eigenvalue weighted by Crippen LogP contribution is 2.34. The molecule has 116 valence electrons. The highest BCUT2D eigenvalue weighted by atomic mass is 16.3. The molecule has 3 unspecified atom stereocenters. The Labute approximate surface area is 122 Å². The lowest BCUT2D eigenvalue weighted by Crippen LogP contribution is -2.50. The van der Waals surface area contributed by atoms with Gasteiger partial charge in [-0.3, -0.25) is 9.69 Å². The zero-order chi connectivity index (χ0) is 14.4. The molecule has 1 aliphatic carbocycles. The first-order valence-corrected chi connectivity index (χ1v) is 8.41. The number of nitrogens with zero attached hydrogens (tertiary/aromatic N) is 1. The molecule has 2 fully saturated rings. The fourth-order valence-electron chi connectivity index (χ4n) is 3.76. The standard InChI is InChI=1S/C16H30N2O2/c1-2-3-10-17-16(20)12-18-11-5-4-8-14(18)13-7-6-9-15(13)19/h13-15,19H,2-12H2,1H3,(H,17,20). The average molecular weight is 282 g/mol. The third kappa shape index (κ3) is 4.19. The van der Waals surface area contributed by atoms with Crippen molar-refractivity contribution in [1.29, 1.82) is 0 Å². The molecule has 1 saturated carbocycles. The minimum absolute atomic E-state index is 0.149. The number of piperidine rings is 1. The van der Waals surface area contributed by atoms with Crippen molar-refractivity contribution in [3.8, 4) is 0 Å². The molecule has 1 heterocycles. The number of unbranched alkanes of at least 4 members (excludes halogenated alkanes) is 1. The Morgan fingerprint density at radius 3 is 2.80 bits per heavy atom. The normalized spacial score (nSPS) is 31.4. The lowest BCUT2D eigenvalue weighted by molar-refractivity contribution is -0.123. The molecule has 1 saturated heterocycles. The Hall–Kier alpha value is -0.610. The van der Waals surface area contributed by atoms with E-state index in [4.69, 9.17) is 0 Å². The number of likely N-dealkylation sites (tertiary alicyclic amines) is 1. The highest BCUT2D eigenvalue weighted by molar-refractivity contribution is 5.78. The lowest BCUT2D eigenvalue weighted by atomic mass is 9.88. The van der Waals surface area contributed by atoms with E-state index < -0.39 is 0 Å². The molecule has 0 radical (unpaired) electrons. The van der Waals surface area contributed by atoms with E-state index in [9.17, 15) is 9.90 Å². The third-order valence-electron chi connectivity index (χ3n) is 4.89. The first-order valence-electron chi connectivity index (χ1n) is 8.41. The molecule has 0 aromatic heterocycles. The van der Waals surface area contributed by atoms with E-state index in [0.717, 1.165) is 51.6 Å². The van der Waals surface area contributed by atoms with Gasteiger partial charge < -0.3 is 10.4 Å². The van der Waals surface area contributed by atoms with Crippen molar-refractivity contribution in [2.75, 3.05) is 19.6 Å². The molecule has 4 heteroatoms. The van der Waals surface area contributed by atoms with Crippen LogP contribution in [0.5, 0.6) is 0 Å². The number of hydrogen-bond donors (Lipinski definition) is 2. The highest BCUT2D eigenvalue weighted by Gasteiger charge is 2.37. The largest absolute Gasteiger partial charge is 0.393 e. The van der Waals surface area contributed by atoms with Crippen LogP contribution >= 0.6 is 0 Å². The number of carbonyl (C=O) groups excluding carboxylic acids is 1. The minimum atomic E-state index is -0.149. The summed E-state index contributed by atoms with van der Waals surface area (Å²) >= 11 is 0. The van der Waals surface area contributed by atoms with Gasteiger partial charge in [-0.25, -0.2) is 0 Å².